The molecule has 0 radical (unpaired) electrons. The van der Waals surface area contributed by atoms with Gasteiger partial charge >= 0.3 is 0 Å². The van der Waals surface area contributed by atoms with Crippen LogP contribution in [0.3, 0.4) is 0 Å². The van der Waals surface area contributed by atoms with Crippen molar-refractivity contribution in [1.82, 2.24) is 0 Å². The van der Waals surface area contributed by atoms with Crippen molar-refractivity contribution in [3.8, 4) is 0 Å². The smallest absolute Gasteiger partial charge is 0.292 e. The zero-order valence-corrected chi connectivity index (χ0v) is 15.6. The summed E-state index contributed by atoms with van der Waals surface area (Å²) in [4.78, 5) is 23.6. The lowest BCUT2D eigenvalue weighted by atomic mass is 9.99. The van der Waals surface area contributed by atoms with Gasteiger partial charge in [-0.2, -0.15) is 0 Å². The number of halogens is 1. The summed E-state index contributed by atoms with van der Waals surface area (Å²) in [5.74, 6) is -0.161. The first-order valence-electron chi connectivity index (χ1n) is 8.29. The molecule has 0 aromatic heterocycles. The van der Waals surface area contributed by atoms with Gasteiger partial charge in [-0.05, 0) is 49.2 Å². The zero-order valence-electron chi connectivity index (χ0n) is 14.8. The average molecular weight is 381 g/mol. The standard InChI is InChI=1S/C21H17ClN2O3/c1-13-7-10-19(20(11-13)24(26)27)23-15-8-9-17(18(22)12-15)21(25)16-6-4-3-5-14(16)2/h3-12,23H,1-2H3. The van der Waals surface area contributed by atoms with Crippen LogP contribution in [0.25, 0.3) is 0 Å². The van der Waals surface area contributed by atoms with Crippen molar-refractivity contribution in [1.29, 1.82) is 0 Å². The number of rotatable bonds is 5. The number of nitrogens with one attached hydrogen (secondary N) is 1. The molecular weight excluding hydrogens is 364 g/mol. The van der Waals surface area contributed by atoms with Crippen LogP contribution >= 0.6 is 11.6 Å². The lowest BCUT2D eigenvalue weighted by Crippen LogP contribution is -2.05. The number of nitro benzene ring substituents is 1. The van der Waals surface area contributed by atoms with Gasteiger partial charge in [0.05, 0.1) is 9.95 Å². The largest absolute Gasteiger partial charge is 0.350 e. The lowest BCUT2D eigenvalue weighted by molar-refractivity contribution is -0.384. The number of benzene rings is 3. The molecule has 27 heavy (non-hydrogen) atoms. The van der Waals surface area contributed by atoms with Crippen LogP contribution in [0.2, 0.25) is 5.02 Å². The minimum atomic E-state index is -0.437. The molecule has 0 atom stereocenters. The van der Waals surface area contributed by atoms with E-state index in [9.17, 15) is 14.9 Å². The number of carbonyl (C=O) groups is 1. The van der Waals surface area contributed by atoms with Gasteiger partial charge < -0.3 is 5.32 Å². The molecular formula is C21H17ClN2O3. The lowest BCUT2D eigenvalue weighted by Gasteiger charge is -2.11. The van der Waals surface area contributed by atoms with E-state index in [4.69, 9.17) is 11.6 Å². The number of carbonyl (C=O) groups excluding carboxylic acids is 1. The molecule has 0 aliphatic carbocycles. The zero-order chi connectivity index (χ0) is 19.6. The van der Waals surface area contributed by atoms with Gasteiger partial charge in [-0.25, -0.2) is 0 Å². The number of aryl methyl sites for hydroxylation is 2. The van der Waals surface area contributed by atoms with Crippen molar-refractivity contribution in [3.63, 3.8) is 0 Å². The highest BCUT2D eigenvalue weighted by Gasteiger charge is 2.17. The minimum Gasteiger partial charge on any atom is -0.350 e. The van der Waals surface area contributed by atoms with Crippen molar-refractivity contribution >= 4 is 34.4 Å². The van der Waals surface area contributed by atoms with Crippen molar-refractivity contribution < 1.29 is 9.72 Å². The molecule has 0 aliphatic rings. The van der Waals surface area contributed by atoms with E-state index < -0.39 is 4.92 Å². The molecule has 0 spiro atoms. The highest BCUT2D eigenvalue weighted by molar-refractivity contribution is 6.35. The highest BCUT2D eigenvalue weighted by atomic mass is 35.5. The number of anilines is 2. The van der Waals surface area contributed by atoms with Gasteiger partial charge in [0.25, 0.3) is 5.69 Å². The third-order valence-corrected chi connectivity index (χ3v) is 4.55. The Morgan fingerprint density at radius 3 is 2.41 bits per heavy atom. The number of hydrogen-bond donors (Lipinski definition) is 1. The van der Waals surface area contributed by atoms with E-state index in [-0.39, 0.29) is 16.5 Å². The van der Waals surface area contributed by atoms with Crippen LogP contribution in [-0.4, -0.2) is 10.7 Å². The number of ketones is 1. The fourth-order valence-corrected chi connectivity index (χ4v) is 3.07. The molecule has 0 saturated carbocycles. The van der Waals surface area contributed by atoms with Crippen molar-refractivity contribution in [2.75, 3.05) is 5.32 Å². The Morgan fingerprint density at radius 2 is 1.74 bits per heavy atom. The molecule has 3 aromatic rings. The molecule has 3 rings (SSSR count). The predicted octanol–water partition coefficient (Wildman–Crippen LogP) is 5.84. The predicted molar refractivity (Wildman–Crippen MR) is 107 cm³/mol. The summed E-state index contributed by atoms with van der Waals surface area (Å²) >= 11 is 6.33. The Bertz CT molecular complexity index is 1050. The van der Waals surface area contributed by atoms with Gasteiger partial charge in [0, 0.05) is 22.9 Å². The minimum absolute atomic E-state index is 0.0221. The maximum atomic E-state index is 12.7. The molecule has 3 aromatic carbocycles. The normalized spacial score (nSPS) is 10.5. The molecule has 0 fully saturated rings. The quantitative estimate of drug-likeness (QED) is 0.343. The second-order valence-corrected chi connectivity index (χ2v) is 6.65. The molecule has 5 nitrogen and oxygen atoms in total. The van der Waals surface area contributed by atoms with Crippen LogP contribution in [-0.2, 0) is 0 Å². The van der Waals surface area contributed by atoms with Gasteiger partial charge in [-0.1, -0.05) is 41.9 Å². The Labute approximate surface area is 161 Å². The molecule has 1 N–H and O–H groups in total. The first kappa shape index (κ1) is 18.6. The molecule has 0 saturated heterocycles. The topological polar surface area (TPSA) is 72.2 Å². The number of nitrogens with zero attached hydrogens (tertiary/aromatic N) is 1. The first-order chi connectivity index (χ1) is 12.9. The molecule has 6 heteroatoms. The van der Waals surface area contributed by atoms with E-state index >= 15 is 0 Å². The Balaban J connectivity index is 1.91. The monoisotopic (exact) mass is 380 g/mol. The van der Waals surface area contributed by atoms with E-state index in [1.807, 2.05) is 19.1 Å². The molecule has 0 bridgehead atoms. The van der Waals surface area contributed by atoms with E-state index in [0.717, 1.165) is 11.1 Å². The fourth-order valence-electron chi connectivity index (χ4n) is 2.80. The Morgan fingerprint density at radius 1 is 1.00 bits per heavy atom. The third kappa shape index (κ3) is 3.99. The van der Waals surface area contributed by atoms with Crippen LogP contribution in [0, 0.1) is 24.0 Å². The van der Waals surface area contributed by atoms with Gasteiger partial charge in [0.15, 0.2) is 5.78 Å². The van der Waals surface area contributed by atoms with E-state index in [1.165, 1.54) is 6.07 Å². The summed E-state index contributed by atoms with van der Waals surface area (Å²) in [7, 11) is 0. The van der Waals surface area contributed by atoms with Crippen molar-refractivity contribution in [3.05, 3.63) is 98.1 Å². The summed E-state index contributed by atoms with van der Waals surface area (Å²) in [6, 6.07) is 17.1. The van der Waals surface area contributed by atoms with Gasteiger partial charge in [-0.3, -0.25) is 14.9 Å². The van der Waals surface area contributed by atoms with Gasteiger partial charge in [-0.15, -0.1) is 0 Å². The summed E-state index contributed by atoms with van der Waals surface area (Å²) in [6.07, 6.45) is 0. The summed E-state index contributed by atoms with van der Waals surface area (Å²) in [5.41, 5.74) is 3.55. The molecule has 0 heterocycles. The van der Waals surface area contributed by atoms with Gasteiger partial charge in [0.1, 0.15) is 5.69 Å². The van der Waals surface area contributed by atoms with Crippen molar-refractivity contribution in [2.45, 2.75) is 13.8 Å². The van der Waals surface area contributed by atoms with E-state index in [1.54, 1.807) is 49.4 Å². The highest BCUT2D eigenvalue weighted by Crippen LogP contribution is 2.31. The van der Waals surface area contributed by atoms with Crippen LogP contribution < -0.4 is 5.32 Å². The summed E-state index contributed by atoms with van der Waals surface area (Å²) in [6.45, 7) is 3.66. The summed E-state index contributed by atoms with van der Waals surface area (Å²) < 4.78 is 0. The Kier molecular flexibility index (Phi) is 5.23. The molecule has 136 valence electrons. The maximum absolute atomic E-state index is 12.7. The SMILES string of the molecule is Cc1ccc(Nc2ccc(C(=O)c3ccccc3C)c(Cl)c2)c([N+](=O)[O-])c1. The van der Waals surface area contributed by atoms with E-state index in [2.05, 4.69) is 5.32 Å². The second kappa shape index (κ2) is 7.60. The Hall–Kier alpha value is -3.18. The van der Waals surface area contributed by atoms with Crippen LogP contribution in [0.1, 0.15) is 27.0 Å². The maximum Gasteiger partial charge on any atom is 0.292 e. The fraction of sp³-hybridized carbons (Fsp3) is 0.0952. The van der Waals surface area contributed by atoms with Gasteiger partial charge in [0.2, 0.25) is 0 Å². The van der Waals surface area contributed by atoms with Crippen molar-refractivity contribution in [2.24, 2.45) is 0 Å². The average Bonchev–Trinajstić information content (AvgIpc) is 2.63. The third-order valence-electron chi connectivity index (χ3n) is 4.23. The first-order valence-corrected chi connectivity index (χ1v) is 8.66. The number of hydrogen-bond acceptors (Lipinski definition) is 4. The van der Waals surface area contributed by atoms with Crippen LogP contribution in [0.4, 0.5) is 17.1 Å². The summed E-state index contributed by atoms with van der Waals surface area (Å²) in [5, 5.41) is 14.5. The van der Waals surface area contributed by atoms with Crippen LogP contribution in [0.5, 0.6) is 0 Å². The molecule has 0 unspecified atom stereocenters. The second-order valence-electron chi connectivity index (χ2n) is 6.24. The van der Waals surface area contributed by atoms with E-state index in [0.29, 0.717) is 22.5 Å². The molecule has 0 aliphatic heterocycles. The number of nitro groups is 1. The van der Waals surface area contributed by atoms with Crippen LogP contribution in [0.15, 0.2) is 60.7 Å². The molecule has 0 amide bonds.